The van der Waals surface area contributed by atoms with Gasteiger partial charge in [0.05, 0.1) is 0 Å². The second-order valence-corrected chi connectivity index (χ2v) is 4.71. The Labute approximate surface area is 100 Å². The van der Waals surface area contributed by atoms with Crippen molar-refractivity contribution in [1.82, 2.24) is 5.32 Å². The minimum Gasteiger partial charge on any atom is -0.504 e. The zero-order valence-electron chi connectivity index (χ0n) is 9.81. The number of hydrogen-bond acceptors (Lipinski definition) is 3. The molecule has 1 aliphatic rings. The van der Waals surface area contributed by atoms with Gasteiger partial charge >= 0.3 is 0 Å². The molecule has 0 saturated heterocycles. The van der Waals surface area contributed by atoms with Crippen LogP contribution in [0, 0.1) is 5.92 Å². The van der Waals surface area contributed by atoms with Gasteiger partial charge in [-0.3, -0.25) is 4.79 Å². The quantitative estimate of drug-likeness (QED) is 0.693. The summed E-state index contributed by atoms with van der Waals surface area (Å²) in [6, 6.07) is 5.03. The number of benzene rings is 1. The Kier molecular flexibility index (Phi) is 3.22. The van der Waals surface area contributed by atoms with Gasteiger partial charge in [0.2, 0.25) is 5.91 Å². The van der Waals surface area contributed by atoms with Crippen LogP contribution >= 0.6 is 0 Å². The second kappa shape index (κ2) is 4.65. The van der Waals surface area contributed by atoms with Gasteiger partial charge < -0.3 is 15.5 Å². The van der Waals surface area contributed by atoms with Crippen molar-refractivity contribution in [3.05, 3.63) is 23.8 Å². The Morgan fingerprint density at radius 1 is 1.41 bits per heavy atom. The number of aromatic hydroxyl groups is 2. The zero-order valence-corrected chi connectivity index (χ0v) is 9.81. The van der Waals surface area contributed by atoms with Gasteiger partial charge in [0.25, 0.3) is 0 Å². The van der Waals surface area contributed by atoms with E-state index in [1.54, 1.807) is 6.07 Å². The van der Waals surface area contributed by atoms with Crippen LogP contribution in [-0.4, -0.2) is 22.2 Å². The Balaban J connectivity index is 1.94. The summed E-state index contributed by atoms with van der Waals surface area (Å²) in [5, 5.41) is 21.5. The number of carbonyl (C=O) groups is 1. The van der Waals surface area contributed by atoms with E-state index in [4.69, 9.17) is 0 Å². The Bertz CT molecular complexity index is 427. The van der Waals surface area contributed by atoms with Crippen LogP contribution in [0.15, 0.2) is 18.2 Å². The molecule has 1 unspecified atom stereocenters. The maximum atomic E-state index is 11.7. The maximum Gasteiger partial charge on any atom is 0.223 e. The Morgan fingerprint density at radius 3 is 2.71 bits per heavy atom. The lowest BCUT2D eigenvalue weighted by molar-refractivity contribution is -0.124. The van der Waals surface area contributed by atoms with Gasteiger partial charge in [-0.1, -0.05) is 13.0 Å². The third-order valence-corrected chi connectivity index (χ3v) is 2.95. The molecule has 1 saturated carbocycles. The third-order valence-electron chi connectivity index (χ3n) is 2.95. The first-order valence-electron chi connectivity index (χ1n) is 5.87. The molecule has 0 radical (unpaired) electrons. The van der Waals surface area contributed by atoms with Crippen LogP contribution in [-0.2, 0) is 11.2 Å². The number of nitrogens with one attached hydrogen (secondary N) is 1. The largest absolute Gasteiger partial charge is 0.504 e. The molecule has 0 aromatic heterocycles. The molecule has 17 heavy (non-hydrogen) atoms. The van der Waals surface area contributed by atoms with E-state index in [0.29, 0.717) is 12.5 Å². The highest BCUT2D eigenvalue weighted by Crippen LogP contribution is 2.26. The van der Waals surface area contributed by atoms with Crippen LogP contribution in [0.5, 0.6) is 11.5 Å². The van der Waals surface area contributed by atoms with E-state index >= 15 is 0 Å². The SMILES string of the molecule is CC(Cc1ccc(O)c(O)c1)C(=O)NC1CC1. The monoisotopic (exact) mass is 235 g/mol. The molecular weight excluding hydrogens is 218 g/mol. The van der Waals surface area contributed by atoms with Crippen molar-refractivity contribution in [3.63, 3.8) is 0 Å². The van der Waals surface area contributed by atoms with Crippen molar-refractivity contribution < 1.29 is 15.0 Å². The summed E-state index contributed by atoms with van der Waals surface area (Å²) in [5.74, 6) is -0.347. The van der Waals surface area contributed by atoms with Crippen molar-refractivity contribution in [2.75, 3.05) is 0 Å². The molecular formula is C13H17NO3. The molecule has 0 spiro atoms. The Morgan fingerprint density at radius 2 is 2.12 bits per heavy atom. The fourth-order valence-electron chi connectivity index (χ4n) is 1.71. The van der Waals surface area contributed by atoms with Crippen molar-refractivity contribution >= 4 is 5.91 Å². The molecule has 4 heteroatoms. The molecule has 1 atom stereocenters. The third kappa shape index (κ3) is 3.12. The van der Waals surface area contributed by atoms with Crippen LogP contribution in [0.3, 0.4) is 0 Å². The standard InChI is InChI=1S/C13H17NO3/c1-8(13(17)14-10-3-4-10)6-9-2-5-11(15)12(16)7-9/h2,5,7-8,10,15-16H,3-4,6H2,1H3,(H,14,17). The van der Waals surface area contributed by atoms with E-state index < -0.39 is 0 Å². The average molecular weight is 235 g/mol. The summed E-state index contributed by atoms with van der Waals surface area (Å²) in [4.78, 5) is 11.7. The van der Waals surface area contributed by atoms with E-state index in [9.17, 15) is 15.0 Å². The van der Waals surface area contributed by atoms with Crippen LogP contribution < -0.4 is 5.32 Å². The van der Waals surface area contributed by atoms with Gasteiger partial charge in [-0.05, 0) is 37.0 Å². The van der Waals surface area contributed by atoms with Gasteiger partial charge in [-0.25, -0.2) is 0 Å². The van der Waals surface area contributed by atoms with Crippen molar-refractivity contribution in [2.45, 2.75) is 32.2 Å². The predicted octanol–water partition coefficient (Wildman–Crippen LogP) is 1.55. The number of phenols is 2. The first-order valence-corrected chi connectivity index (χ1v) is 5.87. The smallest absolute Gasteiger partial charge is 0.223 e. The highest BCUT2D eigenvalue weighted by molar-refractivity contribution is 5.79. The lowest BCUT2D eigenvalue weighted by atomic mass is 10.00. The van der Waals surface area contributed by atoms with Crippen LogP contribution in [0.25, 0.3) is 0 Å². The summed E-state index contributed by atoms with van der Waals surface area (Å²) in [6.45, 7) is 1.86. The maximum absolute atomic E-state index is 11.7. The molecule has 1 aromatic rings. The van der Waals surface area contributed by atoms with Gasteiger partial charge in [-0.15, -0.1) is 0 Å². The highest BCUT2D eigenvalue weighted by atomic mass is 16.3. The molecule has 0 heterocycles. The van der Waals surface area contributed by atoms with Gasteiger partial charge in [0.1, 0.15) is 0 Å². The van der Waals surface area contributed by atoms with E-state index in [0.717, 1.165) is 18.4 Å². The summed E-state index contributed by atoms with van der Waals surface area (Å²) in [6.07, 6.45) is 2.73. The first kappa shape index (κ1) is 11.8. The molecule has 0 aliphatic heterocycles. The fourth-order valence-corrected chi connectivity index (χ4v) is 1.71. The average Bonchev–Trinajstić information content (AvgIpc) is 3.07. The zero-order chi connectivity index (χ0) is 12.4. The molecule has 0 bridgehead atoms. The first-order chi connectivity index (χ1) is 8.06. The Hall–Kier alpha value is -1.71. The molecule has 2 rings (SSSR count). The molecule has 1 amide bonds. The van der Waals surface area contributed by atoms with Crippen LogP contribution in [0.1, 0.15) is 25.3 Å². The fraction of sp³-hybridized carbons (Fsp3) is 0.462. The summed E-state index contributed by atoms with van der Waals surface area (Å²) in [7, 11) is 0. The highest BCUT2D eigenvalue weighted by Gasteiger charge is 2.25. The van der Waals surface area contributed by atoms with E-state index in [2.05, 4.69) is 5.32 Å². The van der Waals surface area contributed by atoms with Crippen LogP contribution in [0.4, 0.5) is 0 Å². The summed E-state index contributed by atoms with van der Waals surface area (Å²) < 4.78 is 0. The lowest BCUT2D eigenvalue weighted by Gasteiger charge is -2.12. The minimum atomic E-state index is -0.141. The van der Waals surface area contributed by atoms with Gasteiger partial charge in [-0.2, -0.15) is 0 Å². The van der Waals surface area contributed by atoms with Gasteiger partial charge in [0, 0.05) is 12.0 Å². The van der Waals surface area contributed by atoms with Crippen molar-refractivity contribution in [2.24, 2.45) is 5.92 Å². The van der Waals surface area contributed by atoms with E-state index in [-0.39, 0.29) is 23.3 Å². The molecule has 1 aliphatic carbocycles. The lowest BCUT2D eigenvalue weighted by Crippen LogP contribution is -2.31. The van der Waals surface area contributed by atoms with Crippen molar-refractivity contribution in [1.29, 1.82) is 0 Å². The number of hydrogen-bond donors (Lipinski definition) is 3. The number of amides is 1. The normalized spacial score (nSPS) is 16.5. The molecule has 1 fully saturated rings. The van der Waals surface area contributed by atoms with Crippen molar-refractivity contribution in [3.8, 4) is 11.5 Å². The second-order valence-electron chi connectivity index (χ2n) is 4.71. The topological polar surface area (TPSA) is 69.6 Å². The number of rotatable bonds is 4. The number of phenolic OH excluding ortho intramolecular Hbond substituents is 2. The molecule has 1 aromatic carbocycles. The molecule has 92 valence electrons. The van der Waals surface area contributed by atoms with Gasteiger partial charge in [0.15, 0.2) is 11.5 Å². The van der Waals surface area contributed by atoms with E-state index in [1.165, 1.54) is 12.1 Å². The minimum absolute atomic E-state index is 0.0556. The summed E-state index contributed by atoms with van der Waals surface area (Å²) in [5.41, 5.74) is 0.846. The molecule has 4 nitrogen and oxygen atoms in total. The molecule has 3 N–H and O–H groups in total. The number of carbonyl (C=O) groups excluding carboxylic acids is 1. The van der Waals surface area contributed by atoms with Crippen LogP contribution in [0.2, 0.25) is 0 Å². The predicted molar refractivity (Wildman–Crippen MR) is 63.8 cm³/mol. The summed E-state index contributed by atoms with van der Waals surface area (Å²) >= 11 is 0. The van der Waals surface area contributed by atoms with E-state index in [1.807, 2.05) is 6.92 Å².